The van der Waals surface area contributed by atoms with Gasteiger partial charge in [-0.25, -0.2) is 8.42 Å². The Morgan fingerprint density at radius 3 is 2.43 bits per heavy atom. The van der Waals surface area contributed by atoms with Crippen molar-refractivity contribution in [2.24, 2.45) is 5.92 Å². The summed E-state index contributed by atoms with van der Waals surface area (Å²) in [6, 6.07) is -0.869. The first-order valence-electron chi connectivity index (χ1n) is 8.65. The molecule has 132 valence electrons. The molecule has 2 rings (SSSR count). The number of hydrogen-bond acceptors (Lipinski definition) is 4. The monoisotopic (exact) mass is 344 g/mol. The minimum absolute atomic E-state index is 0.0570. The Morgan fingerprint density at radius 1 is 1.17 bits per heavy atom. The van der Waals surface area contributed by atoms with Gasteiger partial charge in [-0.2, -0.15) is 0 Å². The molecule has 23 heavy (non-hydrogen) atoms. The molecule has 2 atom stereocenters. The van der Waals surface area contributed by atoms with E-state index in [1.807, 2.05) is 0 Å². The highest BCUT2D eigenvalue weighted by molar-refractivity contribution is 7.91. The van der Waals surface area contributed by atoms with Crippen LogP contribution in [0.2, 0.25) is 0 Å². The van der Waals surface area contributed by atoms with E-state index in [1.54, 1.807) is 18.7 Å². The maximum atomic E-state index is 12.6. The van der Waals surface area contributed by atoms with Gasteiger partial charge in [-0.05, 0) is 32.6 Å². The van der Waals surface area contributed by atoms with Crippen molar-refractivity contribution in [1.82, 2.24) is 10.2 Å². The molecule has 1 saturated heterocycles. The molecule has 1 aliphatic heterocycles. The Kier molecular flexibility index (Phi) is 6.06. The smallest absolute Gasteiger partial charge is 0.243 e. The lowest BCUT2D eigenvalue weighted by Gasteiger charge is -2.27. The number of likely N-dealkylation sites (tertiary alicyclic amines) is 1. The fraction of sp³-hybridized carbons (Fsp3) is 0.875. The average molecular weight is 344 g/mol. The van der Waals surface area contributed by atoms with Gasteiger partial charge >= 0.3 is 0 Å². The highest BCUT2D eigenvalue weighted by atomic mass is 32.2. The van der Waals surface area contributed by atoms with Crippen LogP contribution in [0.3, 0.4) is 0 Å². The summed E-state index contributed by atoms with van der Waals surface area (Å²) >= 11 is 0. The number of nitrogens with zero attached hydrogens (tertiary/aromatic N) is 1. The quantitative estimate of drug-likeness (QED) is 0.782. The zero-order valence-corrected chi connectivity index (χ0v) is 14.9. The molecule has 2 unspecified atom stereocenters. The first-order valence-corrected chi connectivity index (χ1v) is 10.5. The SMILES string of the molecule is CCS(=O)(=O)CC(C)NC(=O)C1CCCN1C(=O)C1CCCC1. The van der Waals surface area contributed by atoms with Gasteiger partial charge in [0.15, 0.2) is 9.84 Å². The van der Waals surface area contributed by atoms with E-state index in [0.717, 1.165) is 32.1 Å². The third kappa shape index (κ3) is 4.68. The van der Waals surface area contributed by atoms with Crippen LogP contribution in [0.25, 0.3) is 0 Å². The first kappa shape index (κ1) is 18.2. The number of sulfone groups is 1. The molecule has 0 spiro atoms. The summed E-state index contributed by atoms with van der Waals surface area (Å²) in [4.78, 5) is 26.7. The summed E-state index contributed by atoms with van der Waals surface area (Å²) in [6.07, 6.45) is 5.53. The third-order valence-corrected chi connectivity index (χ3v) is 6.76. The largest absolute Gasteiger partial charge is 0.351 e. The van der Waals surface area contributed by atoms with Crippen LogP contribution >= 0.6 is 0 Å². The number of rotatable bonds is 6. The number of hydrogen-bond donors (Lipinski definition) is 1. The molecule has 0 aromatic heterocycles. The van der Waals surface area contributed by atoms with Crippen LogP contribution in [-0.2, 0) is 19.4 Å². The van der Waals surface area contributed by atoms with Crippen LogP contribution in [-0.4, -0.2) is 55.3 Å². The van der Waals surface area contributed by atoms with Gasteiger partial charge in [-0.15, -0.1) is 0 Å². The van der Waals surface area contributed by atoms with E-state index in [1.165, 1.54) is 0 Å². The van der Waals surface area contributed by atoms with Gasteiger partial charge in [-0.3, -0.25) is 9.59 Å². The van der Waals surface area contributed by atoms with E-state index in [4.69, 9.17) is 0 Å². The van der Waals surface area contributed by atoms with E-state index in [9.17, 15) is 18.0 Å². The normalized spacial score (nSPS) is 23.9. The Labute approximate surface area is 138 Å². The lowest BCUT2D eigenvalue weighted by atomic mass is 10.1. The maximum Gasteiger partial charge on any atom is 0.243 e. The molecule has 2 aliphatic rings. The minimum Gasteiger partial charge on any atom is -0.351 e. The summed E-state index contributed by atoms with van der Waals surface area (Å²) < 4.78 is 23.3. The van der Waals surface area contributed by atoms with Crippen molar-refractivity contribution in [3.05, 3.63) is 0 Å². The molecule has 1 saturated carbocycles. The van der Waals surface area contributed by atoms with Crippen LogP contribution in [0.15, 0.2) is 0 Å². The van der Waals surface area contributed by atoms with Gasteiger partial charge < -0.3 is 10.2 Å². The fourth-order valence-corrected chi connectivity index (χ4v) is 4.67. The van der Waals surface area contributed by atoms with E-state index in [-0.39, 0.29) is 29.2 Å². The lowest BCUT2D eigenvalue weighted by Crippen LogP contribution is -2.50. The number of amides is 2. The van der Waals surface area contributed by atoms with Gasteiger partial charge in [0.2, 0.25) is 11.8 Å². The molecule has 2 amide bonds. The number of carbonyl (C=O) groups is 2. The van der Waals surface area contributed by atoms with Crippen molar-refractivity contribution < 1.29 is 18.0 Å². The van der Waals surface area contributed by atoms with Gasteiger partial charge in [0.1, 0.15) is 6.04 Å². The van der Waals surface area contributed by atoms with Crippen molar-refractivity contribution in [2.45, 2.75) is 64.5 Å². The maximum absolute atomic E-state index is 12.6. The van der Waals surface area contributed by atoms with Crippen LogP contribution < -0.4 is 5.32 Å². The molecule has 0 radical (unpaired) electrons. The van der Waals surface area contributed by atoms with Gasteiger partial charge in [0.25, 0.3) is 0 Å². The Hall–Kier alpha value is -1.11. The fourth-order valence-electron chi connectivity index (χ4n) is 3.59. The third-order valence-electron chi connectivity index (χ3n) is 4.88. The van der Waals surface area contributed by atoms with Crippen molar-refractivity contribution >= 4 is 21.7 Å². The van der Waals surface area contributed by atoms with Crippen LogP contribution in [0.4, 0.5) is 0 Å². The van der Waals surface area contributed by atoms with E-state index in [0.29, 0.717) is 13.0 Å². The van der Waals surface area contributed by atoms with Crippen molar-refractivity contribution in [3.63, 3.8) is 0 Å². The molecule has 0 bridgehead atoms. The van der Waals surface area contributed by atoms with Gasteiger partial charge in [-0.1, -0.05) is 19.8 Å². The molecule has 0 aromatic rings. The molecule has 2 fully saturated rings. The minimum atomic E-state index is -3.13. The summed E-state index contributed by atoms with van der Waals surface area (Å²) in [6.45, 7) is 3.93. The topological polar surface area (TPSA) is 83.6 Å². The Bertz CT molecular complexity index is 540. The van der Waals surface area contributed by atoms with Gasteiger partial charge in [0.05, 0.1) is 5.75 Å². The molecule has 1 aliphatic carbocycles. The number of carbonyl (C=O) groups excluding carboxylic acids is 2. The van der Waals surface area contributed by atoms with E-state index in [2.05, 4.69) is 5.32 Å². The van der Waals surface area contributed by atoms with Gasteiger partial charge in [0, 0.05) is 24.3 Å². The highest BCUT2D eigenvalue weighted by Gasteiger charge is 2.38. The zero-order valence-electron chi connectivity index (χ0n) is 14.1. The second-order valence-electron chi connectivity index (χ2n) is 6.78. The number of nitrogens with one attached hydrogen (secondary N) is 1. The predicted molar refractivity (Wildman–Crippen MR) is 88.6 cm³/mol. The molecular formula is C16H28N2O4S. The van der Waals surface area contributed by atoms with Crippen molar-refractivity contribution in [3.8, 4) is 0 Å². The lowest BCUT2D eigenvalue weighted by molar-refractivity contribution is -0.141. The van der Waals surface area contributed by atoms with Crippen molar-refractivity contribution in [1.29, 1.82) is 0 Å². The Morgan fingerprint density at radius 2 is 1.83 bits per heavy atom. The summed E-state index contributed by atoms with van der Waals surface area (Å²) in [5.74, 6) is -0.0236. The summed E-state index contributed by atoms with van der Waals surface area (Å²) in [7, 11) is -3.13. The van der Waals surface area contributed by atoms with Crippen LogP contribution in [0, 0.1) is 5.92 Å². The zero-order chi connectivity index (χ0) is 17.0. The first-order chi connectivity index (χ1) is 10.8. The van der Waals surface area contributed by atoms with Crippen molar-refractivity contribution in [2.75, 3.05) is 18.1 Å². The van der Waals surface area contributed by atoms with Crippen LogP contribution in [0.5, 0.6) is 0 Å². The highest BCUT2D eigenvalue weighted by Crippen LogP contribution is 2.29. The molecular weight excluding hydrogens is 316 g/mol. The molecule has 1 heterocycles. The molecule has 0 aromatic carbocycles. The molecule has 7 heteroatoms. The standard InChI is InChI=1S/C16H28N2O4S/c1-3-23(21,22)11-12(2)17-15(19)14-9-6-10-18(14)16(20)13-7-4-5-8-13/h12-14H,3-11H2,1-2H3,(H,17,19). The second kappa shape index (κ2) is 7.64. The predicted octanol–water partition coefficient (Wildman–Crippen LogP) is 1.11. The molecule has 6 nitrogen and oxygen atoms in total. The molecule has 1 N–H and O–H groups in total. The Balaban J connectivity index is 1.93. The average Bonchev–Trinajstić information content (AvgIpc) is 3.17. The second-order valence-corrected chi connectivity index (χ2v) is 9.18. The summed E-state index contributed by atoms with van der Waals surface area (Å²) in [5, 5.41) is 2.78. The van der Waals surface area contributed by atoms with Crippen LogP contribution in [0.1, 0.15) is 52.4 Å². The summed E-state index contributed by atoms with van der Waals surface area (Å²) in [5.41, 5.74) is 0. The van der Waals surface area contributed by atoms with E-state index >= 15 is 0 Å². The van der Waals surface area contributed by atoms with E-state index < -0.39 is 21.9 Å².